The third kappa shape index (κ3) is 6.46. The Morgan fingerprint density at radius 1 is 1.14 bits per heavy atom. The van der Waals surface area contributed by atoms with E-state index in [2.05, 4.69) is 54.8 Å². The first kappa shape index (κ1) is 26.6. The SMILES string of the molecule is COC(=O)CCc1nc2c(N3CCOCC3)nc(-c3cnc(N)nc3)cn2c1NC(C)(C)CC(C)(C)C. The predicted octanol–water partition coefficient (Wildman–Crippen LogP) is 3.34. The molecule has 1 aliphatic rings. The van der Waals surface area contributed by atoms with E-state index in [-0.39, 0.29) is 29.3 Å². The summed E-state index contributed by atoms with van der Waals surface area (Å²) >= 11 is 0. The fraction of sp³-hybridized carbons (Fsp3) is 0.577. The van der Waals surface area contributed by atoms with Gasteiger partial charge in [-0.2, -0.15) is 0 Å². The highest BCUT2D eigenvalue weighted by atomic mass is 16.5. The van der Waals surface area contributed by atoms with Crippen molar-refractivity contribution in [3.63, 3.8) is 0 Å². The lowest BCUT2D eigenvalue weighted by atomic mass is 9.82. The van der Waals surface area contributed by atoms with Gasteiger partial charge in [0.05, 0.1) is 38.1 Å². The minimum absolute atomic E-state index is 0.107. The van der Waals surface area contributed by atoms with Crippen LogP contribution in [0.15, 0.2) is 18.6 Å². The van der Waals surface area contributed by atoms with E-state index in [9.17, 15) is 4.79 Å². The summed E-state index contributed by atoms with van der Waals surface area (Å²) in [6.07, 6.45) is 6.87. The monoisotopic (exact) mass is 510 g/mol. The van der Waals surface area contributed by atoms with Crippen molar-refractivity contribution < 1.29 is 14.3 Å². The zero-order valence-electron chi connectivity index (χ0n) is 22.7. The molecule has 0 saturated carbocycles. The Morgan fingerprint density at radius 2 is 1.81 bits per heavy atom. The number of nitrogens with one attached hydrogen (secondary N) is 1. The second-order valence-electron chi connectivity index (χ2n) is 11.3. The minimum atomic E-state index is -0.275. The van der Waals surface area contributed by atoms with E-state index in [1.165, 1.54) is 7.11 Å². The number of esters is 1. The summed E-state index contributed by atoms with van der Waals surface area (Å²) in [5, 5.41) is 3.75. The van der Waals surface area contributed by atoms with E-state index in [4.69, 9.17) is 25.2 Å². The Morgan fingerprint density at radius 3 is 2.43 bits per heavy atom. The van der Waals surface area contributed by atoms with Crippen molar-refractivity contribution >= 4 is 29.2 Å². The molecule has 37 heavy (non-hydrogen) atoms. The molecule has 200 valence electrons. The number of aryl methyl sites for hydroxylation is 1. The number of methoxy groups -OCH3 is 1. The molecule has 0 amide bonds. The van der Waals surface area contributed by atoms with E-state index < -0.39 is 0 Å². The lowest BCUT2D eigenvalue weighted by Crippen LogP contribution is -2.37. The van der Waals surface area contributed by atoms with Gasteiger partial charge in [-0.15, -0.1) is 0 Å². The molecule has 1 aliphatic heterocycles. The minimum Gasteiger partial charge on any atom is -0.469 e. The fourth-order valence-electron chi connectivity index (χ4n) is 4.99. The van der Waals surface area contributed by atoms with Crippen LogP contribution in [0.25, 0.3) is 16.9 Å². The highest BCUT2D eigenvalue weighted by molar-refractivity contribution is 5.75. The van der Waals surface area contributed by atoms with Gasteiger partial charge in [0, 0.05) is 49.2 Å². The third-order valence-corrected chi connectivity index (χ3v) is 6.16. The summed E-state index contributed by atoms with van der Waals surface area (Å²) in [4.78, 5) is 32.6. The van der Waals surface area contributed by atoms with Crippen LogP contribution in [0.5, 0.6) is 0 Å². The van der Waals surface area contributed by atoms with Crippen molar-refractivity contribution in [3.05, 3.63) is 24.3 Å². The Balaban J connectivity index is 1.89. The van der Waals surface area contributed by atoms with Gasteiger partial charge in [-0.05, 0) is 25.7 Å². The summed E-state index contributed by atoms with van der Waals surface area (Å²) in [7, 11) is 1.40. The van der Waals surface area contributed by atoms with Crippen molar-refractivity contribution in [2.75, 3.05) is 49.4 Å². The molecule has 0 spiro atoms. The first-order valence-electron chi connectivity index (χ1n) is 12.6. The van der Waals surface area contributed by atoms with Crippen LogP contribution < -0.4 is 16.0 Å². The van der Waals surface area contributed by atoms with Crippen LogP contribution in [0.4, 0.5) is 17.6 Å². The average molecular weight is 511 g/mol. The number of nitrogens with two attached hydrogens (primary N) is 1. The van der Waals surface area contributed by atoms with Crippen LogP contribution in [0, 0.1) is 5.41 Å². The molecule has 0 aliphatic carbocycles. The zero-order valence-corrected chi connectivity index (χ0v) is 22.7. The molecule has 1 fully saturated rings. The van der Waals surface area contributed by atoms with Crippen molar-refractivity contribution in [2.45, 2.75) is 59.4 Å². The summed E-state index contributed by atoms with van der Waals surface area (Å²) < 4.78 is 12.5. The molecule has 11 nitrogen and oxygen atoms in total. The quantitative estimate of drug-likeness (QED) is 0.435. The lowest BCUT2D eigenvalue weighted by Gasteiger charge is -2.34. The topological polar surface area (TPSA) is 133 Å². The van der Waals surface area contributed by atoms with E-state index in [1.54, 1.807) is 12.4 Å². The summed E-state index contributed by atoms with van der Waals surface area (Å²) in [6.45, 7) is 13.7. The maximum absolute atomic E-state index is 12.0. The van der Waals surface area contributed by atoms with E-state index in [0.29, 0.717) is 38.4 Å². The number of hydrogen-bond donors (Lipinski definition) is 2. The lowest BCUT2D eigenvalue weighted by molar-refractivity contribution is -0.140. The second-order valence-corrected chi connectivity index (χ2v) is 11.3. The zero-order chi connectivity index (χ0) is 26.8. The molecule has 3 aromatic rings. The number of nitrogen functional groups attached to an aromatic ring is 1. The van der Waals surface area contributed by atoms with E-state index in [1.807, 2.05) is 10.6 Å². The average Bonchev–Trinajstić information content (AvgIpc) is 3.17. The van der Waals surface area contributed by atoms with Crippen molar-refractivity contribution in [2.24, 2.45) is 5.41 Å². The van der Waals surface area contributed by atoms with Gasteiger partial charge in [0.25, 0.3) is 0 Å². The molecule has 0 atom stereocenters. The summed E-state index contributed by atoms with van der Waals surface area (Å²) in [6, 6.07) is 0. The van der Waals surface area contributed by atoms with Gasteiger partial charge in [0.15, 0.2) is 11.5 Å². The van der Waals surface area contributed by atoms with Crippen molar-refractivity contribution in [1.82, 2.24) is 24.3 Å². The number of hydrogen-bond acceptors (Lipinski definition) is 10. The van der Waals surface area contributed by atoms with Gasteiger partial charge in [0.1, 0.15) is 5.82 Å². The second kappa shape index (κ2) is 10.5. The van der Waals surface area contributed by atoms with Crippen molar-refractivity contribution in [1.29, 1.82) is 0 Å². The predicted molar refractivity (Wildman–Crippen MR) is 144 cm³/mol. The summed E-state index contributed by atoms with van der Waals surface area (Å²) in [5.41, 5.74) is 8.54. The largest absolute Gasteiger partial charge is 0.469 e. The smallest absolute Gasteiger partial charge is 0.305 e. The number of rotatable bonds is 8. The van der Waals surface area contributed by atoms with E-state index >= 15 is 0 Å². The molecule has 3 aromatic heterocycles. The summed E-state index contributed by atoms with van der Waals surface area (Å²) in [5.74, 6) is 1.52. The number of anilines is 3. The Bertz CT molecular complexity index is 1240. The van der Waals surface area contributed by atoms with E-state index in [0.717, 1.165) is 35.0 Å². The maximum Gasteiger partial charge on any atom is 0.305 e. The van der Waals surface area contributed by atoms with Gasteiger partial charge in [0.2, 0.25) is 5.95 Å². The van der Waals surface area contributed by atoms with Crippen LogP contribution in [0.1, 0.15) is 53.2 Å². The first-order valence-corrected chi connectivity index (χ1v) is 12.6. The van der Waals surface area contributed by atoms with Crippen LogP contribution in [0.2, 0.25) is 0 Å². The van der Waals surface area contributed by atoms with Crippen molar-refractivity contribution in [3.8, 4) is 11.3 Å². The number of nitrogens with zero attached hydrogens (tertiary/aromatic N) is 6. The molecule has 0 bridgehead atoms. The first-order chi connectivity index (χ1) is 17.5. The number of carbonyl (C=O) groups excluding carboxylic acids is 1. The molecule has 0 radical (unpaired) electrons. The Kier molecular flexibility index (Phi) is 7.54. The molecule has 4 rings (SSSR count). The standard InChI is InChI=1S/C26H38N8O3/c1-25(2,3)16-26(4,5)32-21-18(7-8-20(35)36-6)30-23-22(33-9-11-37-12-10-33)31-19(15-34(21)23)17-13-28-24(27)29-14-17/h13-15,32H,7-12,16H2,1-6H3,(H2,27,28,29). The molecule has 3 N–H and O–H groups in total. The third-order valence-electron chi connectivity index (χ3n) is 6.16. The number of carbonyl (C=O) groups is 1. The van der Waals surface area contributed by atoms with Crippen LogP contribution in [-0.2, 0) is 20.7 Å². The Labute approximate surface area is 217 Å². The normalized spacial score (nSPS) is 14.7. The molecule has 0 aromatic carbocycles. The number of imidazole rings is 1. The number of fused-ring (bicyclic) bond motifs is 1. The molecular formula is C26H38N8O3. The van der Waals surface area contributed by atoms with Gasteiger partial charge in [-0.1, -0.05) is 20.8 Å². The fourth-order valence-corrected chi connectivity index (χ4v) is 4.99. The van der Waals surface area contributed by atoms with Crippen LogP contribution in [-0.4, -0.2) is 69.3 Å². The highest BCUT2D eigenvalue weighted by Gasteiger charge is 2.29. The van der Waals surface area contributed by atoms with Gasteiger partial charge in [-0.3, -0.25) is 9.20 Å². The van der Waals surface area contributed by atoms with Crippen LogP contribution >= 0.6 is 0 Å². The molecule has 11 heteroatoms. The van der Waals surface area contributed by atoms with Gasteiger partial charge in [-0.25, -0.2) is 19.9 Å². The van der Waals surface area contributed by atoms with Crippen LogP contribution in [0.3, 0.4) is 0 Å². The number of ether oxygens (including phenoxy) is 2. The molecule has 1 saturated heterocycles. The number of morpholine rings is 1. The molecule has 4 heterocycles. The van der Waals surface area contributed by atoms with Gasteiger partial charge < -0.3 is 25.4 Å². The Hall–Kier alpha value is -3.47. The van der Waals surface area contributed by atoms with Gasteiger partial charge >= 0.3 is 5.97 Å². The highest BCUT2D eigenvalue weighted by Crippen LogP contribution is 2.34. The maximum atomic E-state index is 12.0. The number of aromatic nitrogens is 5. The molecule has 0 unspecified atom stereocenters. The molecular weight excluding hydrogens is 472 g/mol.